The van der Waals surface area contributed by atoms with Gasteiger partial charge in [-0.3, -0.25) is 19.2 Å². The van der Waals surface area contributed by atoms with E-state index in [1.165, 1.54) is 66.3 Å². The molecule has 6 nitrogen and oxygen atoms in total. The number of ketones is 4. The predicted molar refractivity (Wildman–Crippen MR) is 123 cm³/mol. The van der Waals surface area contributed by atoms with Gasteiger partial charge in [-0.1, -0.05) is 55.1 Å². The lowest BCUT2D eigenvalue weighted by atomic mass is 10.2. The zero-order valence-electron chi connectivity index (χ0n) is 17.1. The molecule has 2 N–H and O–H groups in total. The Labute approximate surface area is 185 Å². The number of para-hydroxylation sites is 2. The van der Waals surface area contributed by atoms with E-state index < -0.39 is 0 Å². The molecule has 0 fully saturated rings. The molecule has 2 aromatic rings. The van der Waals surface area contributed by atoms with E-state index in [1.54, 1.807) is 12.1 Å². The Kier molecular flexibility index (Phi) is 11.5. The van der Waals surface area contributed by atoms with Crippen LogP contribution in [0.5, 0.6) is 11.5 Å². The van der Waals surface area contributed by atoms with Gasteiger partial charge in [0.15, 0.2) is 34.6 Å². The van der Waals surface area contributed by atoms with Crippen molar-refractivity contribution in [2.24, 2.45) is 0 Å². The lowest BCUT2D eigenvalue weighted by Crippen LogP contribution is -1.97. The molecule has 0 amide bonds. The van der Waals surface area contributed by atoms with Crippen molar-refractivity contribution in [2.75, 3.05) is 0 Å². The van der Waals surface area contributed by atoms with Crippen molar-refractivity contribution >= 4 is 29.2 Å². The highest BCUT2D eigenvalue weighted by atomic mass is 16.3. The van der Waals surface area contributed by atoms with Crippen LogP contribution in [0.1, 0.15) is 5.56 Å². The van der Waals surface area contributed by atoms with Crippen LogP contribution in [0.15, 0.2) is 110 Å². The lowest BCUT2D eigenvalue weighted by Gasteiger charge is -1.91. The summed E-state index contributed by atoms with van der Waals surface area (Å²) in [6.45, 7) is 3.63. The largest absolute Gasteiger partial charge is 0.504 e. The third-order valence-corrected chi connectivity index (χ3v) is 3.56. The van der Waals surface area contributed by atoms with Gasteiger partial charge in [-0.15, -0.1) is 0 Å². The van der Waals surface area contributed by atoms with Crippen LogP contribution in [0, 0.1) is 0 Å². The maximum atomic E-state index is 10.3. The molecule has 2 aliphatic rings. The number of phenolic OH excluding ortho intramolecular Hbond substituents is 2. The topological polar surface area (TPSA) is 109 Å². The van der Waals surface area contributed by atoms with Gasteiger partial charge in [0.25, 0.3) is 0 Å². The number of benzene rings is 2. The lowest BCUT2D eigenvalue weighted by molar-refractivity contribution is -0.113. The van der Waals surface area contributed by atoms with E-state index >= 15 is 0 Å². The Bertz CT molecular complexity index is 932. The summed E-state index contributed by atoms with van der Waals surface area (Å²) >= 11 is 0. The quantitative estimate of drug-likeness (QED) is 0.524. The van der Waals surface area contributed by atoms with Crippen molar-refractivity contribution in [1.82, 2.24) is 0 Å². The van der Waals surface area contributed by atoms with E-state index in [4.69, 9.17) is 10.2 Å². The molecule has 0 heterocycles. The molecular formula is C26H22O6. The molecule has 2 aromatic carbocycles. The van der Waals surface area contributed by atoms with Crippen LogP contribution in [0.25, 0.3) is 6.08 Å². The van der Waals surface area contributed by atoms with Crippen LogP contribution < -0.4 is 0 Å². The predicted octanol–water partition coefficient (Wildman–Crippen LogP) is 3.93. The highest BCUT2D eigenvalue weighted by Gasteiger charge is 1.98. The van der Waals surface area contributed by atoms with E-state index in [9.17, 15) is 19.2 Å². The van der Waals surface area contributed by atoms with Crippen molar-refractivity contribution < 1.29 is 29.4 Å². The summed E-state index contributed by atoms with van der Waals surface area (Å²) in [6, 6.07) is 16.2. The van der Waals surface area contributed by atoms with Crippen molar-refractivity contribution in [3.05, 3.63) is 115 Å². The van der Waals surface area contributed by atoms with Crippen molar-refractivity contribution in [2.45, 2.75) is 0 Å². The minimum absolute atomic E-state index is 0.0764. The van der Waals surface area contributed by atoms with Gasteiger partial charge in [-0.05, 0) is 66.3 Å². The third kappa shape index (κ3) is 11.4. The van der Waals surface area contributed by atoms with Gasteiger partial charge >= 0.3 is 0 Å². The summed E-state index contributed by atoms with van der Waals surface area (Å²) in [5.74, 6) is -0.636. The second kappa shape index (κ2) is 14.4. The van der Waals surface area contributed by atoms with Crippen molar-refractivity contribution in [1.29, 1.82) is 0 Å². The Morgan fingerprint density at radius 1 is 0.500 bits per heavy atom. The van der Waals surface area contributed by atoms with Gasteiger partial charge in [-0.2, -0.15) is 0 Å². The van der Waals surface area contributed by atoms with Crippen LogP contribution in [0.2, 0.25) is 0 Å². The average Bonchev–Trinajstić information content (AvgIpc) is 2.81. The molecule has 0 aliphatic heterocycles. The third-order valence-electron chi connectivity index (χ3n) is 3.56. The Balaban J connectivity index is 0.000000213. The van der Waals surface area contributed by atoms with E-state index in [2.05, 4.69) is 6.58 Å². The molecule has 0 bridgehead atoms. The van der Waals surface area contributed by atoms with Crippen LogP contribution in [0.3, 0.4) is 0 Å². The maximum Gasteiger partial charge on any atom is 0.178 e. The Morgan fingerprint density at radius 3 is 1.00 bits per heavy atom. The summed E-state index contributed by atoms with van der Waals surface area (Å²) in [6.07, 6.45) is 11.9. The van der Waals surface area contributed by atoms with E-state index in [0.29, 0.717) is 0 Å². The molecule has 2 aliphatic carbocycles. The highest BCUT2D eigenvalue weighted by molar-refractivity contribution is 6.14. The summed E-state index contributed by atoms with van der Waals surface area (Å²) in [4.78, 5) is 41.1. The standard InChI is InChI=1S/C8H8.2C6H4O2.C6H6O2/c1-2-8-6-4-3-5-7-8;2*7-5-1-2-6(8)4-3-5;7-5-3-1-2-4-6(5)8/h2-7H,1H2;2*1-4H;1-4,7-8H. The molecule has 4 rings (SSSR count). The molecule has 0 saturated heterocycles. The van der Waals surface area contributed by atoms with Crippen LogP contribution >= 0.6 is 0 Å². The highest BCUT2D eigenvalue weighted by Crippen LogP contribution is 2.21. The minimum atomic E-state index is -0.121. The van der Waals surface area contributed by atoms with Crippen LogP contribution in [-0.2, 0) is 19.2 Å². The number of aromatic hydroxyl groups is 2. The summed E-state index contributed by atoms with van der Waals surface area (Å²) in [7, 11) is 0. The van der Waals surface area contributed by atoms with Gasteiger partial charge in [0.2, 0.25) is 0 Å². The van der Waals surface area contributed by atoms with Crippen LogP contribution in [0.4, 0.5) is 0 Å². The number of carbonyl (C=O) groups is 4. The molecule has 6 heteroatoms. The van der Waals surface area contributed by atoms with E-state index in [1.807, 2.05) is 36.4 Å². The molecule has 32 heavy (non-hydrogen) atoms. The molecule has 0 spiro atoms. The molecule has 0 saturated carbocycles. The first-order valence-corrected chi connectivity index (χ1v) is 9.34. The number of rotatable bonds is 1. The molecule has 0 aromatic heterocycles. The minimum Gasteiger partial charge on any atom is -0.504 e. The molecule has 162 valence electrons. The van der Waals surface area contributed by atoms with Gasteiger partial charge in [0, 0.05) is 0 Å². The summed E-state index contributed by atoms with van der Waals surface area (Å²) in [5, 5.41) is 17.3. The van der Waals surface area contributed by atoms with E-state index in [-0.39, 0.29) is 34.6 Å². The molecule has 0 unspecified atom stereocenters. The number of allylic oxidation sites excluding steroid dienone is 8. The van der Waals surface area contributed by atoms with Crippen LogP contribution in [-0.4, -0.2) is 33.3 Å². The monoisotopic (exact) mass is 430 g/mol. The van der Waals surface area contributed by atoms with Crippen molar-refractivity contribution in [3.8, 4) is 11.5 Å². The summed E-state index contributed by atoms with van der Waals surface area (Å²) < 4.78 is 0. The zero-order valence-corrected chi connectivity index (χ0v) is 17.1. The van der Waals surface area contributed by atoms with Gasteiger partial charge in [-0.25, -0.2) is 0 Å². The zero-order chi connectivity index (χ0) is 23.8. The first-order valence-electron chi connectivity index (χ1n) is 9.34. The average molecular weight is 430 g/mol. The van der Waals surface area contributed by atoms with E-state index in [0.717, 1.165) is 0 Å². The fourth-order valence-corrected chi connectivity index (χ4v) is 1.93. The molecule has 0 atom stereocenters. The fraction of sp³-hybridized carbons (Fsp3) is 0. The van der Waals surface area contributed by atoms with Gasteiger partial charge in [0.1, 0.15) is 0 Å². The second-order valence-electron chi connectivity index (χ2n) is 6.05. The molecule has 0 radical (unpaired) electrons. The maximum absolute atomic E-state index is 10.3. The summed E-state index contributed by atoms with van der Waals surface area (Å²) in [5.41, 5.74) is 1.17. The normalized spacial score (nSPS) is 13.1. The molecular weight excluding hydrogens is 408 g/mol. The Hall–Kier alpha value is -4.58. The van der Waals surface area contributed by atoms with Crippen molar-refractivity contribution in [3.63, 3.8) is 0 Å². The number of hydrogen-bond donors (Lipinski definition) is 2. The van der Waals surface area contributed by atoms with Gasteiger partial charge in [0.05, 0.1) is 0 Å². The fourth-order valence-electron chi connectivity index (χ4n) is 1.93. The second-order valence-corrected chi connectivity index (χ2v) is 6.05. The number of carbonyl (C=O) groups excluding carboxylic acids is 4. The SMILES string of the molecule is C=Cc1ccccc1.O=C1C=CC(=O)C=C1.O=C1C=CC(=O)C=C1.Oc1ccccc1O. The Morgan fingerprint density at radius 2 is 0.781 bits per heavy atom. The smallest absolute Gasteiger partial charge is 0.178 e. The van der Waals surface area contributed by atoms with Gasteiger partial charge < -0.3 is 10.2 Å². The first-order chi connectivity index (χ1) is 15.3. The first kappa shape index (κ1) is 25.5. The number of hydrogen-bond acceptors (Lipinski definition) is 6. The number of phenols is 2.